The van der Waals surface area contributed by atoms with E-state index in [1.807, 2.05) is 26.0 Å². The van der Waals surface area contributed by atoms with Crippen molar-refractivity contribution in [2.45, 2.75) is 25.9 Å². The highest BCUT2D eigenvalue weighted by Crippen LogP contribution is 2.64. The first-order valence-corrected chi connectivity index (χ1v) is 8.05. The van der Waals surface area contributed by atoms with E-state index in [4.69, 9.17) is 5.73 Å². The van der Waals surface area contributed by atoms with E-state index in [-0.39, 0.29) is 5.92 Å². The molecule has 1 saturated carbocycles. The van der Waals surface area contributed by atoms with Gasteiger partial charge in [0.1, 0.15) is 5.82 Å². The van der Waals surface area contributed by atoms with Crippen molar-refractivity contribution in [1.29, 1.82) is 0 Å². The second kappa shape index (κ2) is 6.00. The second-order valence-electron chi connectivity index (χ2n) is 7.12. The zero-order chi connectivity index (χ0) is 19.3. The van der Waals surface area contributed by atoms with Crippen molar-refractivity contribution in [3.63, 3.8) is 0 Å². The van der Waals surface area contributed by atoms with Gasteiger partial charge in [0, 0.05) is 11.6 Å². The third-order valence-electron chi connectivity index (χ3n) is 4.95. The van der Waals surface area contributed by atoms with Crippen LogP contribution < -0.4 is 11.1 Å². The number of alkyl halides is 3. The molecule has 138 valence electrons. The zero-order valence-electron chi connectivity index (χ0n) is 14.2. The summed E-state index contributed by atoms with van der Waals surface area (Å²) in [5.41, 5.74) is 5.11. The maximum Gasteiger partial charge on any atom is 0.418 e. The van der Waals surface area contributed by atoms with Gasteiger partial charge in [0.2, 0.25) is 5.91 Å². The second-order valence-corrected chi connectivity index (χ2v) is 7.12. The number of carbonyl (C=O) groups is 1. The van der Waals surface area contributed by atoms with Crippen molar-refractivity contribution < 1.29 is 22.4 Å². The molecular formula is C19H18F4N2O. The molecular weight excluding hydrogens is 348 g/mol. The Labute approximate surface area is 148 Å². The average molecular weight is 366 g/mol. The van der Waals surface area contributed by atoms with Crippen LogP contribution in [0.3, 0.4) is 0 Å². The highest BCUT2D eigenvalue weighted by Gasteiger charge is 2.62. The van der Waals surface area contributed by atoms with Gasteiger partial charge in [0.15, 0.2) is 0 Å². The number of benzene rings is 2. The molecule has 3 N–H and O–H groups in total. The third-order valence-corrected chi connectivity index (χ3v) is 4.95. The Morgan fingerprint density at radius 1 is 1.12 bits per heavy atom. The van der Waals surface area contributed by atoms with Gasteiger partial charge in [-0.25, -0.2) is 4.39 Å². The van der Waals surface area contributed by atoms with Crippen LogP contribution in [0.1, 0.15) is 30.9 Å². The molecule has 0 bridgehead atoms. The smallest absolute Gasteiger partial charge is 0.399 e. The summed E-state index contributed by atoms with van der Waals surface area (Å²) < 4.78 is 52.5. The van der Waals surface area contributed by atoms with E-state index in [0.29, 0.717) is 11.8 Å². The molecule has 1 unspecified atom stereocenters. The molecule has 26 heavy (non-hydrogen) atoms. The Morgan fingerprint density at radius 2 is 1.73 bits per heavy atom. The minimum atomic E-state index is -4.76. The maximum atomic E-state index is 13.2. The predicted octanol–water partition coefficient (Wildman–Crippen LogP) is 4.81. The molecule has 0 radical (unpaired) electrons. The van der Waals surface area contributed by atoms with E-state index >= 15 is 0 Å². The molecule has 7 heteroatoms. The van der Waals surface area contributed by atoms with Crippen LogP contribution in [0.5, 0.6) is 0 Å². The van der Waals surface area contributed by atoms with Crippen molar-refractivity contribution in [2.75, 3.05) is 11.1 Å². The lowest BCUT2D eigenvalue weighted by Gasteiger charge is -2.14. The number of rotatable bonds is 3. The predicted molar refractivity (Wildman–Crippen MR) is 90.9 cm³/mol. The number of halogens is 4. The monoisotopic (exact) mass is 366 g/mol. The van der Waals surface area contributed by atoms with Crippen LogP contribution in [0.25, 0.3) is 0 Å². The zero-order valence-corrected chi connectivity index (χ0v) is 14.2. The average Bonchev–Trinajstić information content (AvgIpc) is 3.11. The van der Waals surface area contributed by atoms with E-state index in [2.05, 4.69) is 5.32 Å². The molecule has 0 aromatic heterocycles. The number of amides is 1. The van der Waals surface area contributed by atoms with E-state index in [9.17, 15) is 22.4 Å². The largest absolute Gasteiger partial charge is 0.418 e. The van der Waals surface area contributed by atoms with Gasteiger partial charge in [0.25, 0.3) is 0 Å². The molecule has 2 aromatic rings. The number of nitrogens with two attached hydrogens (primary N) is 1. The van der Waals surface area contributed by atoms with Crippen LogP contribution in [-0.4, -0.2) is 5.91 Å². The van der Waals surface area contributed by atoms with Crippen LogP contribution in [0.4, 0.5) is 28.9 Å². The van der Waals surface area contributed by atoms with E-state index < -0.39 is 40.5 Å². The Balaban J connectivity index is 1.84. The van der Waals surface area contributed by atoms with E-state index in [1.165, 1.54) is 0 Å². The summed E-state index contributed by atoms with van der Waals surface area (Å²) >= 11 is 0. The van der Waals surface area contributed by atoms with Crippen LogP contribution >= 0.6 is 0 Å². The Morgan fingerprint density at radius 3 is 2.31 bits per heavy atom. The Bertz CT molecular complexity index is 844. The first-order valence-electron chi connectivity index (χ1n) is 8.05. The lowest BCUT2D eigenvalue weighted by atomic mass is 10.0. The molecule has 2 aromatic carbocycles. The summed E-state index contributed by atoms with van der Waals surface area (Å²) in [7, 11) is 0. The fraction of sp³-hybridized carbons (Fsp3) is 0.316. The summed E-state index contributed by atoms with van der Waals surface area (Å²) in [5, 5.41) is 2.32. The van der Waals surface area contributed by atoms with Crippen LogP contribution in [-0.2, 0) is 11.0 Å². The lowest BCUT2D eigenvalue weighted by molar-refractivity contribution is -0.137. The molecule has 0 heterocycles. The quantitative estimate of drug-likeness (QED) is 0.605. The number of carbonyl (C=O) groups excluding carboxylic acids is 1. The standard InChI is InChI=1S/C19H18F4N2O/c1-18(2)15(10-3-6-12(24)7-4-10)16(18)17(26)25-14-8-5-11(20)9-13(14)19(21,22)23/h3-9,15-16H,24H2,1-2H3,(H,25,26)/t15-,16?/m0/s1. The fourth-order valence-electron chi connectivity index (χ4n) is 3.52. The van der Waals surface area contributed by atoms with Gasteiger partial charge < -0.3 is 11.1 Å². The molecule has 3 rings (SSSR count). The molecule has 1 aliphatic rings. The highest BCUT2D eigenvalue weighted by atomic mass is 19.4. The maximum absolute atomic E-state index is 13.2. The normalized spacial score (nSPS) is 21.3. The summed E-state index contributed by atoms with van der Waals surface area (Å²) in [6.07, 6.45) is -4.76. The third kappa shape index (κ3) is 3.25. The SMILES string of the molecule is CC1(C)C(C(=O)Nc2ccc(F)cc2C(F)(F)F)[C@@H]1c1ccc(N)cc1. The van der Waals surface area contributed by atoms with Gasteiger partial charge in [0.05, 0.1) is 17.2 Å². The van der Waals surface area contributed by atoms with E-state index in [1.54, 1.807) is 12.1 Å². The van der Waals surface area contributed by atoms with Crippen LogP contribution in [0.15, 0.2) is 42.5 Å². The van der Waals surface area contributed by atoms with Gasteiger partial charge in [-0.3, -0.25) is 4.79 Å². The molecule has 3 nitrogen and oxygen atoms in total. The van der Waals surface area contributed by atoms with Crippen molar-refractivity contribution >= 4 is 17.3 Å². The minimum Gasteiger partial charge on any atom is -0.399 e. The van der Waals surface area contributed by atoms with Crippen molar-refractivity contribution in [1.82, 2.24) is 0 Å². The molecule has 2 atom stereocenters. The number of nitrogens with one attached hydrogen (secondary N) is 1. The van der Waals surface area contributed by atoms with Crippen LogP contribution in [0.2, 0.25) is 0 Å². The van der Waals surface area contributed by atoms with Gasteiger partial charge in [-0.05, 0) is 41.3 Å². The molecule has 0 aliphatic heterocycles. The Hall–Kier alpha value is -2.57. The van der Waals surface area contributed by atoms with Gasteiger partial charge >= 0.3 is 6.18 Å². The van der Waals surface area contributed by atoms with Crippen molar-refractivity contribution in [3.05, 3.63) is 59.4 Å². The lowest BCUT2D eigenvalue weighted by Crippen LogP contribution is -2.20. The van der Waals surface area contributed by atoms with Gasteiger partial charge in [-0.2, -0.15) is 13.2 Å². The number of anilines is 2. The summed E-state index contributed by atoms with van der Waals surface area (Å²) in [6, 6.07) is 9.28. The first-order chi connectivity index (χ1) is 12.0. The van der Waals surface area contributed by atoms with Crippen LogP contribution in [0, 0.1) is 17.2 Å². The molecule has 0 spiro atoms. The topological polar surface area (TPSA) is 55.1 Å². The molecule has 1 aliphatic carbocycles. The number of hydrogen-bond acceptors (Lipinski definition) is 2. The van der Waals surface area contributed by atoms with Gasteiger partial charge in [-0.15, -0.1) is 0 Å². The van der Waals surface area contributed by atoms with E-state index in [0.717, 1.165) is 17.7 Å². The fourth-order valence-corrected chi connectivity index (χ4v) is 3.52. The van der Waals surface area contributed by atoms with Crippen molar-refractivity contribution in [3.8, 4) is 0 Å². The number of nitrogen functional groups attached to an aromatic ring is 1. The first kappa shape index (κ1) is 18.2. The highest BCUT2D eigenvalue weighted by molar-refractivity contribution is 5.97. The molecule has 0 saturated heterocycles. The molecule has 1 amide bonds. The summed E-state index contributed by atoms with van der Waals surface area (Å²) in [4.78, 5) is 12.6. The number of hydrogen-bond donors (Lipinski definition) is 2. The van der Waals surface area contributed by atoms with Gasteiger partial charge in [-0.1, -0.05) is 26.0 Å². The minimum absolute atomic E-state index is 0.127. The molecule has 1 fully saturated rings. The Kier molecular flexibility index (Phi) is 4.21. The summed E-state index contributed by atoms with van der Waals surface area (Å²) in [6.45, 7) is 3.77. The van der Waals surface area contributed by atoms with Crippen molar-refractivity contribution in [2.24, 2.45) is 11.3 Å². The summed E-state index contributed by atoms with van der Waals surface area (Å²) in [5.74, 6) is -2.15.